The van der Waals surface area contributed by atoms with Crippen LogP contribution < -0.4 is 16.0 Å². The number of carbonyl (C=O) groups is 2. The molecule has 5 nitrogen and oxygen atoms in total. The van der Waals surface area contributed by atoms with E-state index >= 15 is 0 Å². The van der Waals surface area contributed by atoms with Gasteiger partial charge in [0.15, 0.2) is 0 Å². The van der Waals surface area contributed by atoms with Crippen molar-refractivity contribution in [3.05, 3.63) is 101 Å². The molecule has 3 rings (SSSR count). The number of halogens is 1. The number of aryl methyl sites for hydroxylation is 2. The lowest BCUT2D eigenvalue weighted by Crippen LogP contribution is -2.26. The van der Waals surface area contributed by atoms with Gasteiger partial charge < -0.3 is 16.0 Å². The van der Waals surface area contributed by atoms with Gasteiger partial charge in [-0.1, -0.05) is 48.0 Å². The minimum Gasteiger partial charge on any atom is -0.361 e. The first-order chi connectivity index (χ1) is 14.4. The molecule has 0 aromatic heterocycles. The average molecular weight is 420 g/mol. The summed E-state index contributed by atoms with van der Waals surface area (Å²) in [5, 5.41) is 9.20. The molecular weight excluding hydrogens is 398 g/mol. The van der Waals surface area contributed by atoms with E-state index in [1.165, 1.54) is 6.20 Å². The van der Waals surface area contributed by atoms with Gasteiger partial charge in [0, 0.05) is 28.3 Å². The largest absolute Gasteiger partial charge is 0.361 e. The van der Waals surface area contributed by atoms with Crippen molar-refractivity contribution in [2.75, 3.05) is 16.0 Å². The molecule has 0 unspecified atom stereocenters. The molecule has 0 aliphatic carbocycles. The fourth-order valence-electron chi connectivity index (χ4n) is 2.74. The summed E-state index contributed by atoms with van der Waals surface area (Å²) >= 11 is 5.91. The Morgan fingerprint density at radius 3 is 1.67 bits per heavy atom. The number of benzene rings is 3. The van der Waals surface area contributed by atoms with E-state index < -0.39 is 11.8 Å². The second-order valence-corrected chi connectivity index (χ2v) is 7.18. The highest BCUT2D eigenvalue weighted by Gasteiger charge is 2.20. The van der Waals surface area contributed by atoms with Gasteiger partial charge in [-0.05, 0) is 61.4 Å². The Kier molecular flexibility index (Phi) is 6.88. The van der Waals surface area contributed by atoms with E-state index in [1.54, 1.807) is 36.4 Å². The Hall–Kier alpha value is -3.57. The summed E-state index contributed by atoms with van der Waals surface area (Å²) in [6, 6.07) is 21.7. The summed E-state index contributed by atoms with van der Waals surface area (Å²) in [6.45, 7) is 3.77. The number of rotatable bonds is 6. The normalized spacial score (nSPS) is 10.1. The van der Waals surface area contributed by atoms with Crippen LogP contribution in [0.4, 0.5) is 17.1 Å². The first-order valence-electron chi connectivity index (χ1n) is 9.40. The number of hydrogen-bond acceptors (Lipinski definition) is 3. The Morgan fingerprint density at radius 1 is 0.733 bits per heavy atom. The minimum atomic E-state index is -0.517. The van der Waals surface area contributed by atoms with E-state index in [9.17, 15) is 9.59 Å². The van der Waals surface area contributed by atoms with Gasteiger partial charge in [0.25, 0.3) is 11.8 Å². The molecule has 0 radical (unpaired) electrons. The molecule has 0 saturated heterocycles. The summed E-state index contributed by atoms with van der Waals surface area (Å²) in [4.78, 5) is 25.9. The zero-order valence-corrected chi connectivity index (χ0v) is 17.5. The van der Waals surface area contributed by atoms with Crippen LogP contribution in [0.2, 0.25) is 5.02 Å². The van der Waals surface area contributed by atoms with Gasteiger partial charge >= 0.3 is 0 Å². The van der Waals surface area contributed by atoms with Crippen LogP contribution in [0.3, 0.4) is 0 Å². The van der Waals surface area contributed by atoms with Crippen LogP contribution in [0.5, 0.6) is 0 Å². The third-order valence-corrected chi connectivity index (χ3v) is 4.76. The molecule has 0 heterocycles. The van der Waals surface area contributed by atoms with Crippen molar-refractivity contribution in [3.63, 3.8) is 0 Å². The van der Waals surface area contributed by atoms with Gasteiger partial charge in [-0.25, -0.2) is 0 Å². The number of amides is 2. The maximum absolute atomic E-state index is 13.0. The summed E-state index contributed by atoms with van der Waals surface area (Å²) in [5.74, 6) is -1.03. The number of para-hydroxylation sites is 2. The molecule has 152 valence electrons. The lowest BCUT2D eigenvalue weighted by molar-refractivity contribution is -0.118. The van der Waals surface area contributed by atoms with Gasteiger partial charge in [0.2, 0.25) is 0 Å². The number of nitrogens with one attached hydrogen (secondary N) is 3. The molecule has 6 heteroatoms. The molecule has 0 fully saturated rings. The predicted molar refractivity (Wildman–Crippen MR) is 123 cm³/mol. The molecular formula is C24H22ClN3O2. The first-order valence-corrected chi connectivity index (χ1v) is 9.78. The molecule has 0 bridgehead atoms. The van der Waals surface area contributed by atoms with Gasteiger partial charge in [-0.2, -0.15) is 0 Å². The van der Waals surface area contributed by atoms with Crippen molar-refractivity contribution in [1.29, 1.82) is 0 Å². The molecule has 0 spiro atoms. The summed E-state index contributed by atoms with van der Waals surface area (Å²) < 4.78 is 0. The van der Waals surface area contributed by atoms with Crippen LogP contribution in [0, 0.1) is 13.8 Å². The van der Waals surface area contributed by atoms with E-state index in [0.717, 1.165) is 11.1 Å². The minimum absolute atomic E-state index is 0.0588. The maximum atomic E-state index is 13.0. The highest BCUT2D eigenvalue weighted by atomic mass is 35.5. The number of carbonyl (C=O) groups excluding carboxylic acids is 2. The molecule has 30 heavy (non-hydrogen) atoms. The number of anilines is 3. The number of hydrogen-bond donors (Lipinski definition) is 3. The van der Waals surface area contributed by atoms with Crippen LogP contribution in [0.1, 0.15) is 11.1 Å². The second-order valence-electron chi connectivity index (χ2n) is 6.75. The van der Waals surface area contributed by atoms with Crippen molar-refractivity contribution in [3.8, 4) is 0 Å². The third kappa shape index (κ3) is 5.49. The molecule has 3 aromatic rings. The summed E-state index contributed by atoms with van der Waals surface area (Å²) in [5.41, 5.74) is 3.72. The van der Waals surface area contributed by atoms with E-state index in [0.29, 0.717) is 22.1 Å². The van der Waals surface area contributed by atoms with E-state index in [-0.39, 0.29) is 5.57 Å². The molecule has 3 aromatic carbocycles. The van der Waals surface area contributed by atoms with Gasteiger partial charge in [0.1, 0.15) is 5.57 Å². The van der Waals surface area contributed by atoms with Gasteiger partial charge in [0.05, 0.1) is 0 Å². The van der Waals surface area contributed by atoms with Gasteiger partial charge in [-0.15, -0.1) is 0 Å². The Balaban J connectivity index is 1.86. The van der Waals surface area contributed by atoms with E-state index in [4.69, 9.17) is 11.6 Å². The predicted octanol–water partition coefficient (Wildman–Crippen LogP) is 5.53. The Morgan fingerprint density at radius 2 is 1.20 bits per heavy atom. The van der Waals surface area contributed by atoms with Gasteiger partial charge in [-0.3, -0.25) is 9.59 Å². The molecule has 0 aliphatic heterocycles. The van der Waals surface area contributed by atoms with Crippen LogP contribution >= 0.6 is 11.6 Å². The lowest BCUT2D eigenvalue weighted by atomic mass is 10.1. The van der Waals surface area contributed by atoms with Crippen molar-refractivity contribution in [2.24, 2.45) is 0 Å². The highest BCUT2D eigenvalue weighted by Crippen LogP contribution is 2.18. The first kappa shape index (κ1) is 21.1. The average Bonchev–Trinajstić information content (AvgIpc) is 2.73. The van der Waals surface area contributed by atoms with Crippen LogP contribution in [0.25, 0.3) is 0 Å². The van der Waals surface area contributed by atoms with Crippen molar-refractivity contribution in [2.45, 2.75) is 13.8 Å². The SMILES string of the molecule is Cc1ccccc1NC(=O)C(=CNc1ccc(Cl)cc1)C(=O)Nc1ccccc1C. The van der Waals surface area contributed by atoms with Crippen molar-refractivity contribution >= 4 is 40.5 Å². The molecule has 3 N–H and O–H groups in total. The van der Waals surface area contributed by atoms with E-state index in [1.807, 2.05) is 50.2 Å². The van der Waals surface area contributed by atoms with Crippen LogP contribution in [0.15, 0.2) is 84.6 Å². The third-order valence-electron chi connectivity index (χ3n) is 4.50. The zero-order valence-electron chi connectivity index (χ0n) is 16.7. The molecule has 0 saturated carbocycles. The lowest BCUT2D eigenvalue weighted by Gasteiger charge is -2.13. The summed E-state index contributed by atoms with van der Waals surface area (Å²) in [6.07, 6.45) is 1.39. The van der Waals surface area contributed by atoms with Crippen molar-refractivity contribution < 1.29 is 9.59 Å². The molecule has 0 atom stereocenters. The molecule has 2 amide bonds. The second kappa shape index (κ2) is 9.76. The molecule has 0 aliphatic rings. The Labute approximate surface area is 180 Å². The highest BCUT2D eigenvalue weighted by molar-refractivity contribution is 6.30. The van der Waals surface area contributed by atoms with Crippen LogP contribution in [-0.2, 0) is 9.59 Å². The standard InChI is InChI=1S/C24H22ClN3O2/c1-16-7-3-5-9-21(16)27-23(29)20(15-26-19-13-11-18(25)12-14-19)24(30)28-22-10-6-4-8-17(22)2/h3-15,26H,1-2H3,(H,27,29)(H,28,30). The van der Waals surface area contributed by atoms with E-state index in [2.05, 4.69) is 16.0 Å². The maximum Gasteiger partial charge on any atom is 0.262 e. The van der Waals surface area contributed by atoms with Crippen molar-refractivity contribution in [1.82, 2.24) is 0 Å². The topological polar surface area (TPSA) is 70.2 Å². The quantitative estimate of drug-likeness (QED) is 0.279. The fourth-order valence-corrected chi connectivity index (χ4v) is 2.87. The smallest absolute Gasteiger partial charge is 0.262 e. The Bertz CT molecular complexity index is 1030. The fraction of sp³-hybridized carbons (Fsp3) is 0.0833. The zero-order chi connectivity index (χ0) is 21.5. The van der Waals surface area contributed by atoms with Crippen LogP contribution in [-0.4, -0.2) is 11.8 Å². The monoisotopic (exact) mass is 419 g/mol. The summed E-state index contributed by atoms with van der Waals surface area (Å²) in [7, 11) is 0.